The van der Waals surface area contributed by atoms with E-state index in [1.54, 1.807) is 12.1 Å². The Kier molecular flexibility index (Phi) is 10.9. The number of anilines is 1. The molecule has 0 fully saturated rings. The van der Waals surface area contributed by atoms with E-state index in [0.29, 0.717) is 13.0 Å². The number of para-hydroxylation sites is 1. The molecule has 0 bridgehead atoms. The van der Waals surface area contributed by atoms with E-state index in [1.807, 2.05) is 75.4 Å². The van der Waals surface area contributed by atoms with Crippen LogP contribution < -0.4 is 9.62 Å². The molecule has 0 aliphatic carbocycles. The highest BCUT2D eigenvalue weighted by molar-refractivity contribution is 7.92. The Morgan fingerprint density at radius 2 is 1.39 bits per heavy atom. The van der Waals surface area contributed by atoms with E-state index in [2.05, 4.69) is 5.32 Å². The van der Waals surface area contributed by atoms with Crippen LogP contribution in [0.1, 0.15) is 35.6 Å². The van der Waals surface area contributed by atoms with E-state index < -0.39 is 34.3 Å². The number of sulfonamides is 1. The van der Waals surface area contributed by atoms with Crippen LogP contribution in [0.15, 0.2) is 108 Å². The first-order chi connectivity index (χ1) is 21.1. The Morgan fingerprint density at radius 3 is 2.00 bits per heavy atom. The van der Waals surface area contributed by atoms with Gasteiger partial charge in [-0.2, -0.15) is 0 Å². The number of benzene rings is 4. The summed E-state index contributed by atoms with van der Waals surface area (Å²) in [5.74, 6) is -1.78. The van der Waals surface area contributed by atoms with Crippen molar-refractivity contribution < 1.29 is 22.4 Å². The van der Waals surface area contributed by atoms with Crippen molar-refractivity contribution in [2.45, 2.75) is 51.1 Å². The fourth-order valence-electron chi connectivity index (χ4n) is 4.81. The number of hydrogen-bond donors (Lipinski definition) is 1. The van der Waals surface area contributed by atoms with Gasteiger partial charge in [-0.25, -0.2) is 12.8 Å². The van der Waals surface area contributed by atoms with E-state index in [1.165, 1.54) is 35.2 Å². The summed E-state index contributed by atoms with van der Waals surface area (Å²) in [6, 6.07) is 27.6. The number of hydrogen-bond acceptors (Lipinski definition) is 4. The van der Waals surface area contributed by atoms with Crippen molar-refractivity contribution in [2.24, 2.45) is 0 Å². The number of amides is 2. The molecule has 0 saturated heterocycles. The molecular formula is C35H38FN3O4S. The molecule has 7 nitrogen and oxygen atoms in total. The third kappa shape index (κ3) is 8.11. The number of aryl methyl sites for hydroxylation is 2. The maximum Gasteiger partial charge on any atom is 0.264 e. The minimum atomic E-state index is -4.37. The minimum absolute atomic E-state index is 0.0475. The van der Waals surface area contributed by atoms with Gasteiger partial charge in [-0.05, 0) is 55.7 Å². The number of nitrogens with one attached hydrogen (secondary N) is 1. The van der Waals surface area contributed by atoms with Crippen LogP contribution in [0.2, 0.25) is 0 Å². The molecule has 0 aliphatic rings. The van der Waals surface area contributed by atoms with Gasteiger partial charge >= 0.3 is 0 Å². The van der Waals surface area contributed by atoms with Crippen molar-refractivity contribution in [2.75, 3.05) is 17.4 Å². The second kappa shape index (κ2) is 14.8. The number of carbonyl (C=O) groups excluding carboxylic acids is 2. The van der Waals surface area contributed by atoms with Gasteiger partial charge < -0.3 is 10.2 Å². The zero-order valence-electron chi connectivity index (χ0n) is 25.2. The first-order valence-corrected chi connectivity index (χ1v) is 16.0. The lowest BCUT2D eigenvalue weighted by Gasteiger charge is -2.34. The Labute approximate surface area is 259 Å². The van der Waals surface area contributed by atoms with Gasteiger partial charge in [-0.15, -0.1) is 0 Å². The van der Waals surface area contributed by atoms with Crippen molar-refractivity contribution in [1.29, 1.82) is 0 Å². The zero-order chi connectivity index (χ0) is 31.7. The van der Waals surface area contributed by atoms with E-state index in [9.17, 15) is 18.0 Å². The molecule has 4 rings (SSSR count). The molecule has 0 radical (unpaired) electrons. The Morgan fingerprint density at radius 1 is 0.795 bits per heavy atom. The first-order valence-electron chi connectivity index (χ1n) is 14.6. The van der Waals surface area contributed by atoms with Crippen molar-refractivity contribution in [3.8, 4) is 0 Å². The molecule has 44 heavy (non-hydrogen) atoms. The highest BCUT2D eigenvalue weighted by Crippen LogP contribution is 2.27. The molecular weight excluding hydrogens is 577 g/mol. The standard InChI is InChI=1S/C35H38FN3O4S/c1-4-22-37-35(41)33(23-28-10-6-5-7-11-28)38(24-29-18-14-26(2)15-19-29)34(40)25-39(32-13-9-8-12-31(32)36)44(42,43)30-20-16-27(3)17-21-30/h5-21,33H,4,22-25H2,1-3H3,(H,37,41)/t33-/m1/s1. The molecule has 9 heteroatoms. The maximum atomic E-state index is 15.2. The molecule has 2 amide bonds. The second-order valence-corrected chi connectivity index (χ2v) is 12.6. The molecule has 4 aromatic rings. The average molecular weight is 616 g/mol. The van der Waals surface area contributed by atoms with Crippen LogP contribution in [-0.4, -0.2) is 44.3 Å². The molecule has 0 heterocycles. The average Bonchev–Trinajstić information content (AvgIpc) is 3.02. The lowest BCUT2D eigenvalue weighted by atomic mass is 10.0. The van der Waals surface area contributed by atoms with Crippen molar-refractivity contribution >= 4 is 27.5 Å². The number of halogens is 1. The van der Waals surface area contributed by atoms with Crippen molar-refractivity contribution in [3.05, 3.63) is 131 Å². The fourth-order valence-corrected chi connectivity index (χ4v) is 6.24. The smallest absolute Gasteiger partial charge is 0.264 e. The van der Waals surface area contributed by atoms with Crippen molar-refractivity contribution in [1.82, 2.24) is 10.2 Å². The van der Waals surface area contributed by atoms with Gasteiger partial charge in [-0.3, -0.25) is 13.9 Å². The van der Waals surface area contributed by atoms with Crippen LogP contribution in [0.25, 0.3) is 0 Å². The molecule has 230 valence electrons. The summed E-state index contributed by atoms with van der Waals surface area (Å²) in [7, 11) is -4.37. The molecule has 0 aliphatic heterocycles. The Hall–Kier alpha value is -4.50. The highest BCUT2D eigenvalue weighted by atomic mass is 32.2. The molecule has 1 N–H and O–H groups in total. The maximum absolute atomic E-state index is 15.2. The Balaban J connectivity index is 1.80. The molecule has 0 unspecified atom stereocenters. The highest BCUT2D eigenvalue weighted by Gasteiger charge is 2.35. The monoisotopic (exact) mass is 615 g/mol. The van der Waals surface area contributed by atoms with Gasteiger partial charge in [0.1, 0.15) is 18.4 Å². The van der Waals surface area contributed by atoms with Crippen molar-refractivity contribution in [3.63, 3.8) is 0 Å². The molecule has 1 atom stereocenters. The topological polar surface area (TPSA) is 86.8 Å². The molecule has 0 aromatic heterocycles. The predicted octanol–water partition coefficient (Wildman–Crippen LogP) is 5.80. The predicted molar refractivity (Wildman–Crippen MR) is 171 cm³/mol. The van der Waals surface area contributed by atoms with Crippen LogP contribution in [-0.2, 0) is 32.6 Å². The van der Waals surface area contributed by atoms with Crippen LogP contribution in [0.4, 0.5) is 10.1 Å². The van der Waals surface area contributed by atoms with Gasteiger partial charge in [-0.1, -0.05) is 96.9 Å². The van der Waals surface area contributed by atoms with Gasteiger partial charge in [0.05, 0.1) is 10.6 Å². The summed E-state index contributed by atoms with van der Waals surface area (Å²) in [5, 5.41) is 2.91. The van der Waals surface area contributed by atoms with E-state index in [0.717, 1.165) is 32.6 Å². The first kappa shape index (κ1) is 32.4. The van der Waals surface area contributed by atoms with Gasteiger partial charge in [0.2, 0.25) is 11.8 Å². The zero-order valence-corrected chi connectivity index (χ0v) is 26.1. The second-order valence-electron chi connectivity index (χ2n) is 10.8. The SMILES string of the molecule is CCCNC(=O)[C@@H](Cc1ccccc1)N(Cc1ccc(C)cc1)C(=O)CN(c1ccccc1F)S(=O)(=O)c1ccc(C)cc1. The van der Waals surface area contributed by atoms with Gasteiger partial charge in [0, 0.05) is 19.5 Å². The third-order valence-electron chi connectivity index (χ3n) is 7.30. The lowest BCUT2D eigenvalue weighted by Crippen LogP contribution is -2.53. The number of carbonyl (C=O) groups is 2. The fraction of sp³-hybridized carbons (Fsp3) is 0.257. The Bertz CT molecular complexity index is 1660. The number of nitrogens with zero attached hydrogens (tertiary/aromatic N) is 2. The molecule has 0 saturated carbocycles. The van der Waals surface area contributed by atoms with Crippen LogP contribution in [0.3, 0.4) is 0 Å². The van der Waals surface area contributed by atoms with E-state index in [4.69, 9.17) is 0 Å². The summed E-state index contributed by atoms with van der Waals surface area (Å²) in [5.41, 5.74) is 3.23. The third-order valence-corrected chi connectivity index (χ3v) is 9.08. The van der Waals surface area contributed by atoms with E-state index in [-0.39, 0.29) is 29.5 Å². The summed E-state index contributed by atoms with van der Waals surface area (Å²) in [4.78, 5) is 29.4. The summed E-state index contributed by atoms with van der Waals surface area (Å²) in [6.07, 6.45) is 0.907. The molecule has 4 aromatic carbocycles. The largest absolute Gasteiger partial charge is 0.354 e. The quantitative estimate of drug-likeness (QED) is 0.206. The van der Waals surface area contributed by atoms with E-state index >= 15 is 4.39 Å². The summed E-state index contributed by atoms with van der Waals surface area (Å²) >= 11 is 0. The van der Waals surface area contributed by atoms with Crippen LogP contribution >= 0.6 is 0 Å². The summed E-state index contributed by atoms with van der Waals surface area (Å²) in [6.45, 7) is 5.46. The van der Waals surface area contributed by atoms with Crippen LogP contribution in [0, 0.1) is 19.7 Å². The molecule has 0 spiro atoms. The van der Waals surface area contributed by atoms with Gasteiger partial charge in [0.15, 0.2) is 0 Å². The van der Waals surface area contributed by atoms with Gasteiger partial charge in [0.25, 0.3) is 10.0 Å². The number of rotatable bonds is 13. The minimum Gasteiger partial charge on any atom is -0.354 e. The normalized spacial score (nSPS) is 11.9. The van der Waals surface area contributed by atoms with Crippen LogP contribution in [0.5, 0.6) is 0 Å². The lowest BCUT2D eigenvalue weighted by molar-refractivity contribution is -0.140. The summed E-state index contributed by atoms with van der Waals surface area (Å²) < 4.78 is 44.0.